The second-order valence-corrected chi connectivity index (χ2v) is 9.71. The van der Waals surface area contributed by atoms with Gasteiger partial charge in [-0.05, 0) is 54.9 Å². The predicted octanol–water partition coefficient (Wildman–Crippen LogP) is 2.03. The molecular formula is C20H26O5. The Hall–Kier alpha value is -0.910. The number of carbonyl (C=O) groups is 1. The molecule has 0 aromatic rings. The summed E-state index contributed by atoms with van der Waals surface area (Å²) in [6, 6.07) is 0. The minimum atomic E-state index is -0.810. The van der Waals surface area contributed by atoms with Crippen molar-refractivity contribution in [1.82, 2.24) is 0 Å². The van der Waals surface area contributed by atoms with Crippen LogP contribution in [0.1, 0.15) is 39.0 Å². The maximum atomic E-state index is 13.0. The Morgan fingerprint density at radius 3 is 2.92 bits per heavy atom. The van der Waals surface area contributed by atoms with E-state index < -0.39 is 11.5 Å². The van der Waals surface area contributed by atoms with Crippen LogP contribution in [-0.4, -0.2) is 42.8 Å². The van der Waals surface area contributed by atoms with Crippen molar-refractivity contribution in [3.8, 4) is 0 Å². The van der Waals surface area contributed by atoms with Crippen molar-refractivity contribution in [3.05, 3.63) is 12.2 Å². The van der Waals surface area contributed by atoms with Crippen molar-refractivity contribution in [2.24, 2.45) is 34.0 Å². The number of hydrogen-bond acceptors (Lipinski definition) is 5. The standard InChI is InChI=1S/C20H26O5/c1-10-11-3-4-12-19(7-11,15(10)21)17(22)24-9-20(12)13-5-6-18(2)8-23-16(25-13)14(18)20/h11-16,21H,1,3-9H2,2H3/t11-,12-,13+,14-,15-,16-,18+,19+,20-/m1/s1. The monoisotopic (exact) mass is 346 g/mol. The van der Waals surface area contributed by atoms with E-state index in [9.17, 15) is 9.90 Å². The minimum Gasteiger partial charge on any atom is -0.464 e. The summed E-state index contributed by atoms with van der Waals surface area (Å²) in [5.41, 5.74) is -0.0974. The molecule has 0 aromatic carbocycles. The third kappa shape index (κ3) is 1.42. The average molecular weight is 346 g/mol. The highest BCUT2D eigenvalue weighted by Crippen LogP contribution is 2.73. The highest BCUT2D eigenvalue weighted by molar-refractivity contribution is 5.81. The Morgan fingerprint density at radius 1 is 1.24 bits per heavy atom. The fraction of sp³-hybridized carbons (Fsp3) is 0.850. The first-order chi connectivity index (χ1) is 11.9. The van der Waals surface area contributed by atoms with Crippen molar-refractivity contribution in [1.29, 1.82) is 0 Å². The van der Waals surface area contributed by atoms with Gasteiger partial charge in [-0.3, -0.25) is 4.79 Å². The summed E-state index contributed by atoms with van der Waals surface area (Å²) in [5, 5.41) is 11.1. The smallest absolute Gasteiger partial charge is 0.315 e. The van der Waals surface area contributed by atoms with Gasteiger partial charge in [-0.1, -0.05) is 13.5 Å². The molecule has 3 saturated heterocycles. The van der Waals surface area contributed by atoms with Crippen LogP contribution in [0.3, 0.4) is 0 Å². The molecule has 1 N–H and O–H groups in total. The zero-order valence-corrected chi connectivity index (χ0v) is 14.7. The third-order valence-electron chi connectivity index (χ3n) is 8.91. The SMILES string of the molecule is C=C1[C@@H]2CC[C@@H]3[C@](C2)(C(=O)OC[C@]32[C@@H]3CC[C@@]4(C)CO[C@H](O3)[C@H]42)[C@@H]1O. The Morgan fingerprint density at radius 2 is 2.08 bits per heavy atom. The first-order valence-corrected chi connectivity index (χ1v) is 9.74. The number of hydrogen-bond donors (Lipinski definition) is 1. The van der Waals surface area contributed by atoms with Gasteiger partial charge in [0, 0.05) is 11.3 Å². The summed E-state index contributed by atoms with van der Waals surface area (Å²) >= 11 is 0. The average Bonchev–Trinajstić information content (AvgIpc) is 3.12. The lowest BCUT2D eigenvalue weighted by molar-refractivity contribution is -0.227. The molecule has 6 rings (SSSR count). The van der Waals surface area contributed by atoms with Gasteiger partial charge < -0.3 is 19.3 Å². The summed E-state index contributed by atoms with van der Waals surface area (Å²) in [6.45, 7) is 7.58. The van der Waals surface area contributed by atoms with Gasteiger partial charge in [0.2, 0.25) is 0 Å². The molecule has 3 aliphatic heterocycles. The van der Waals surface area contributed by atoms with Crippen LogP contribution < -0.4 is 0 Å². The van der Waals surface area contributed by atoms with Crippen LogP contribution in [0.4, 0.5) is 0 Å². The van der Waals surface area contributed by atoms with E-state index in [1.807, 2.05) is 0 Å². The molecule has 3 heterocycles. The van der Waals surface area contributed by atoms with Crippen molar-refractivity contribution in [2.45, 2.75) is 57.5 Å². The van der Waals surface area contributed by atoms with Gasteiger partial charge in [-0.2, -0.15) is 0 Å². The highest BCUT2D eigenvalue weighted by atomic mass is 16.7. The van der Waals surface area contributed by atoms with Crippen LogP contribution in [0.2, 0.25) is 0 Å². The van der Waals surface area contributed by atoms with Crippen molar-refractivity contribution >= 4 is 5.97 Å². The molecule has 25 heavy (non-hydrogen) atoms. The molecule has 6 aliphatic rings. The number of esters is 1. The predicted molar refractivity (Wildman–Crippen MR) is 87.2 cm³/mol. The molecule has 4 bridgehead atoms. The quantitative estimate of drug-likeness (QED) is 0.537. The number of rotatable bonds is 0. The van der Waals surface area contributed by atoms with E-state index in [2.05, 4.69) is 13.5 Å². The third-order valence-corrected chi connectivity index (χ3v) is 8.91. The van der Waals surface area contributed by atoms with Gasteiger partial charge in [-0.25, -0.2) is 0 Å². The Bertz CT molecular complexity index is 690. The fourth-order valence-corrected chi connectivity index (χ4v) is 7.91. The lowest BCUT2D eigenvalue weighted by Crippen LogP contribution is -2.66. The Labute approximate surface area is 147 Å². The molecule has 0 aromatic heterocycles. The van der Waals surface area contributed by atoms with Gasteiger partial charge in [0.25, 0.3) is 0 Å². The Balaban J connectivity index is 1.54. The topological polar surface area (TPSA) is 65.0 Å². The van der Waals surface area contributed by atoms with Gasteiger partial charge in [0.1, 0.15) is 12.0 Å². The maximum absolute atomic E-state index is 13.0. The van der Waals surface area contributed by atoms with Gasteiger partial charge in [-0.15, -0.1) is 0 Å². The van der Waals surface area contributed by atoms with E-state index in [4.69, 9.17) is 14.2 Å². The lowest BCUT2D eigenvalue weighted by Gasteiger charge is -2.59. The second-order valence-electron chi connectivity index (χ2n) is 9.71. The van der Waals surface area contributed by atoms with Crippen LogP contribution >= 0.6 is 0 Å². The minimum absolute atomic E-state index is 0.0727. The normalized spacial score (nSPS) is 61.5. The summed E-state index contributed by atoms with van der Waals surface area (Å²) in [4.78, 5) is 13.0. The molecule has 136 valence electrons. The van der Waals surface area contributed by atoms with E-state index >= 15 is 0 Å². The molecule has 5 heteroatoms. The van der Waals surface area contributed by atoms with E-state index in [-0.39, 0.29) is 46.9 Å². The fourth-order valence-electron chi connectivity index (χ4n) is 7.91. The molecule has 0 amide bonds. The van der Waals surface area contributed by atoms with Crippen molar-refractivity contribution in [3.63, 3.8) is 0 Å². The zero-order chi connectivity index (χ0) is 17.2. The largest absolute Gasteiger partial charge is 0.464 e. The van der Waals surface area contributed by atoms with E-state index in [0.29, 0.717) is 13.0 Å². The van der Waals surface area contributed by atoms with Crippen molar-refractivity contribution < 1.29 is 24.1 Å². The lowest BCUT2D eigenvalue weighted by atomic mass is 9.45. The number of aliphatic hydroxyl groups is 1. The zero-order valence-electron chi connectivity index (χ0n) is 14.7. The first kappa shape index (κ1) is 15.2. The van der Waals surface area contributed by atoms with Crippen LogP contribution in [0, 0.1) is 34.0 Å². The second kappa shape index (κ2) is 4.32. The number of cyclic esters (lactones) is 1. The highest BCUT2D eigenvalue weighted by Gasteiger charge is 2.78. The van der Waals surface area contributed by atoms with E-state index in [1.54, 1.807) is 0 Å². The molecule has 0 unspecified atom stereocenters. The van der Waals surface area contributed by atoms with Crippen molar-refractivity contribution in [2.75, 3.05) is 13.2 Å². The molecule has 2 spiro atoms. The Kier molecular flexibility index (Phi) is 2.62. The maximum Gasteiger partial charge on any atom is 0.315 e. The first-order valence-electron chi connectivity index (χ1n) is 9.74. The van der Waals surface area contributed by atoms with Crippen LogP contribution in [0.15, 0.2) is 12.2 Å². The molecule has 6 fully saturated rings. The molecule has 5 nitrogen and oxygen atoms in total. The van der Waals surface area contributed by atoms with Crippen LogP contribution in [-0.2, 0) is 19.0 Å². The number of aliphatic hydroxyl groups excluding tert-OH is 1. The molecular weight excluding hydrogens is 320 g/mol. The molecule has 3 saturated carbocycles. The molecule has 3 aliphatic carbocycles. The van der Waals surface area contributed by atoms with Crippen LogP contribution in [0.5, 0.6) is 0 Å². The van der Waals surface area contributed by atoms with Crippen LogP contribution in [0.25, 0.3) is 0 Å². The number of ether oxygens (including phenoxy) is 3. The molecule has 9 atom stereocenters. The number of fused-ring (bicyclic) bond motifs is 1. The van der Waals surface area contributed by atoms with Gasteiger partial charge >= 0.3 is 5.97 Å². The summed E-state index contributed by atoms with van der Waals surface area (Å²) in [6.07, 6.45) is 3.88. The summed E-state index contributed by atoms with van der Waals surface area (Å²) < 4.78 is 18.3. The van der Waals surface area contributed by atoms with Gasteiger partial charge in [0.15, 0.2) is 6.29 Å². The van der Waals surface area contributed by atoms with E-state index in [0.717, 1.165) is 37.9 Å². The van der Waals surface area contributed by atoms with E-state index in [1.165, 1.54) is 0 Å². The molecule has 0 radical (unpaired) electrons. The number of carbonyl (C=O) groups excluding carboxylic acids is 1. The summed E-state index contributed by atoms with van der Waals surface area (Å²) in [7, 11) is 0. The summed E-state index contributed by atoms with van der Waals surface area (Å²) in [5.74, 6) is 0.404. The van der Waals surface area contributed by atoms with Gasteiger partial charge in [0.05, 0.1) is 18.8 Å².